The van der Waals surface area contributed by atoms with Crippen molar-refractivity contribution in [2.45, 2.75) is 6.42 Å². The van der Waals surface area contributed by atoms with Crippen LogP contribution in [0.1, 0.15) is 15.9 Å². The molecule has 104 valence electrons. The summed E-state index contributed by atoms with van der Waals surface area (Å²) >= 11 is 6.60. The van der Waals surface area contributed by atoms with Crippen molar-refractivity contribution in [2.24, 2.45) is 0 Å². The number of benzene rings is 2. The number of halogens is 3. The fourth-order valence-corrected chi connectivity index (χ4v) is 2.55. The number of rotatable bonds is 4. The van der Waals surface area contributed by atoms with E-state index in [2.05, 4.69) is 37.2 Å². The molecule has 0 atom stereocenters. The first kappa shape index (κ1) is 15.2. The molecule has 0 saturated carbocycles. The van der Waals surface area contributed by atoms with Gasteiger partial charge in [0.25, 0.3) is 5.91 Å². The molecule has 0 heterocycles. The number of aryl methyl sites for hydroxylation is 1. The SMILES string of the molecule is O=C(Nc1ccc(CCBr)cc1)c1cc(Br)ccc1F. The second kappa shape index (κ2) is 6.99. The van der Waals surface area contributed by atoms with Crippen LogP contribution in [0.3, 0.4) is 0 Å². The molecule has 1 amide bonds. The van der Waals surface area contributed by atoms with Crippen molar-refractivity contribution < 1.29 is 9.18 Å². The van der Waals surface area contributed by atoms with Crippen molar-refractivity contribution in [1.29, 1.82) is 0 Å². The molecule has 0 saturated heterocycles. The molecule has 0 aliphatic heterocycles. The van der Waals surface area contributed by atoms with Crippen LogP contribution in [-0.2, 0) is 6.42 Å². The fourth-order valence-electron chi connectivity index (χ4n) is 1.73. The second-order valence-corrected chi connectivity index (χ2v) is 5.92. The van der Waals surface area contributed by atoms with Crippen LogP contribution in [0.2, 0.25) is 0 Å². The highest BCUT2D eigenvalue weighted by Gasteiger charge is 2.12. The lowest BCUT2D eigenvalue weighted by atomic mass is 10.1. The summed E-state index contributed by atoms with van der Waals surface area (Å²) in [5.41, 5.74) is 1.84. The number of nitrogens with one attached hydrogen (secondary N) is 1. The van der Waals surface area contributed by atoms with Gasteiger partial charge in [-0.3, -0.25) is 4.79 Å². The van der Waals surface area contributed by atoms with Gasteiger partial charge in [-0.1, -0.05) is 44.0 Å². The van der Waals surface area contributed by atoms with E-state index in [4.69, 9.17) is 0 Å². The predicted molar refractivity (Wildman–Crippen MR) is 86.0 cm³/mol. The molecular weight excluding hydrogens is 389 g/mol. The molecule has 1 N–H and O–H groups in total. The summed E-state index contributed by atoms with van der Waals surface area (Å²) < 4.78 is 14.3. The zero-order valence-corrected chi connectivity index (χ0v) is 13.7. The Morgan fingerprint density at radius 1 is 1.15 bits per heavy atom. The minimum absolute atomic E-state index is 0.0175. The van der Waals surface area contributed by atoms with Crippen LogP contribution in [0, 0.1) is 5.82 Å². The Morgan fingerprint density at radius 3 is 2.50 bits per heavy atom. The molecular formula is C15H12Br2FNO. The van der Waals surface area contributed by atoms with Gasteiger partial charge in [0, 0.05) is 15.5 Å². The van der Waals surface area contributed by atoms with E-state index in [1.54, 1.807) is 6.07 Å². The molecule has 0 aromatic heterocycles. The first-order valence-corrected chi connectivity index (χ1v) is 7.93. The molecule has 20 heavy (non-hydrogen) atoms. The number of hydrogen-bond donors (Lipinski definition) is 1. The van der Waals surface area contributed by atoms with E-state index in [0.717, 1.165) is 11.8 Å². The summed E-state index contributed by atoms with van der Waals surface area (Å²) in [6.07, 6.45) is 0.925. The van der Waals surface area contributed by atoms with Crippen molar-refractivity contribution in [3.8, 4) is 0 Å². The van der Waals surface area contributed by atoms with E-state index in [9.17, 15) is 9.18 Å². The second-order valence-electron chi connectivity index (χ2n) is 4.21. The van der Waals surface area contributed by atoms with Crippen LogP contribution in [0.25, 0.3) is 0 Å². The quantitative estimate of drug-likeness (QED) is 0.735. The lowest BCUT2D eigenvalue weighted by molar-refractivity contribution is 0.102. The van der Waals surface area contributed by atoms with Crippen molar-refractivity contribution in [2.75, 3.05) is 10.6 Å². The molecule has 0 bridgehead atoms. The van der Waals surface area contributed by atoms with Gasteiger partial charge in [0.15, 0.2) is 0 Å². The predicted octanol–water partition coefficient (Wildman–Crippen LogP) is 4.78. The summed E-state index contributed by atoms with van der Waals surface area (Å²) in [5, 5.41) is 3.57. The monoisotopic (exact) mass is 399 g/mol. The Kier molecular flexibility index (Phi) is 5.31. The molecule has 2 rings (SSSR count). The molecule has 2 aromatic rings. The first-order chi connectivity index (χ1) is 9.60. The van der Waals surface area contributed by atoms with Gasteiger partial charge in [0.2, 0.25) is 0 Å². The normalized spacial score (nSPS) is 10.3. The number of carbonyl (C=O) groups excluding carboxylic acids is 1. The Hall–Kier alpha value is -1.20. The minimum Gasteiger partial charge on any atom is -0.322 e. The number of anilines is 1. The van der Waals surface area contributed by atoms with Gasteiger partial charge in [-0.25, -0.2) is 4.39 Å². The van der Waals surface area contributed by atoms with E-state index < -0.39 is 11.7 Å². The molecule has 0 fully saturated rings. The van der Waals surface area contributed by atoms with Crippen molar-refractivity contribution >= 4 is 43.5 Å². The van der Waals surface area contributed by atoms with E-state index in [-0.39, 0.29) is 5.56 Å². The van der Waals surface area contributed by atoms with Gasteiger partial charge in [-0.05, 0) is 42.3 Å². The highest BCUT2D eigenvalue weighted by atomic mass is 79.9. The molecule has 2 nitrogen and oxygen atoms in total. The number of hydrogen-bond acceptors (Lipinski definition) is 1. The van der Waals surface area contributed by atoms with Gasteiger partial charge in [-0.15, -0.1) is 0 Å². The van der Waals surface area contributed by atoms with Crippen LogP contribution in [0.5, 0.6) is 0 Å². The topological polar surface area (TPSA) is 29.1 Å². The lowest BCUT2D eigenvalue weighted by Crippen LogP contribution is -2.13. The van der Waals surface area contributed by atoms with Crippen molar-refractivity contribution in [1.82, 2.24) is 0 Å². The van der Waals surface area contributed by atoms with Gasteiger partial charge in [0.1, 0.15) is 5.82 Å². The highest BCUT2D eigenvalue weighted by molar-refractivity contribution is 9.10. The standard InChI is InChI=1S/C15H12Br2FNO/c16-8-7-10-1-4-12(5-2-10)19-15(20)13-9-11(17)3-6-14(13)18/h1-6,9H,7-8H2,(H,19,20). The smallest absolute Gasteiger partial charge is 0.258 e. The van der Waals surface area contributed by atoms with E-state index in [1.165, 1.54) is 17.7 Å². The van der Waals surface area contributed by atoms with Crippen LogP contribution in [0.15, 0.2) is 46.9 Å². The maximum absolute atomic E-state index is 13.6. The summed E-state index contributed by atoms with van der Waals surface area (Å²) in [5.74, 6) is -1.00. The fraction of sp³-hybridized carbons (Fsp3) is 0.133. The Bertz CT molecular complexity index is 614. The van der Waals surface area contributed by atoms with Crippen molar-refractivity contribution in [3.05, 3.63) is 63.9 Å². The average molecular weight is 401 g/mol. The van der Waals surface area contributed by atoms with E-state index in [1.807, 2.05) is 24.3 Å². The van der Waals surface area contributed by atoms with E-state index in [0.29, 0.717) is 10.2 Å². The summed E-state index contributed by atoms with van der Waals surface area (Å²) in [7, 11) is 0. The first-order valence-electron chi connectivity index (χ1n) is 6.01. The number of carbonyl (C=O) groups is 1. The highest BCUT2D eigenvalue weighted by Crippen LogP contribution is 2.18. The lowest BCUT2D eigenvalue weighted by Gasteiger charge is -2.07. The summed E-state index contributed by atoms with van der Waals surface area (Å²) in [6, 6.07) is 11.8. The average Bonchev–Trinajstić information content (AvgIpc) is 2.44. The third-order valence-electron chi connectivity index (χ3n) is 2.77. The van der Waals surface area contributed by atoms with Gasteiger partial charge in [-0.2, -0.15) is 0 Å². The zero-order chi connectivity index (χ0) is 14.5. The number of alkyl halides is 1. The number of amides is 1. The van der Waals surface area contributed by atoms with Gasteiger partial charge >= 0.3 is 0 Å². The van der Waals surface area contributed by atoms with Crippen LogP contribution >= 0.6 is 31.9 Å². The van der Waals surface area contributed by atoms with Crippen LogP contribution in [0.4, 0.5) is 10.1 Å². The molecule has 0 unspecified atom stereocenters. The zero-order valence-electron chi connectivity index (χ0n) is 10.5. The summed E-state index contributed by atoms with van der Waals surface area (Å²) in [6.45, 7) is 0. The van der Waals surface area contributed by atoms with Gasteiger partial charge in [0.05, 0.1) is 5.56 Å². The van der Waals surface area contributed by atoms with E-state index >= 15 is 0 Å². The largest absolute Gasteiger partial charge is 0.322 e. The van der Waals surface area contributed by atoms with Crippen molar-refractivity contribution in [3.63, 3.8) is 0 Å². The molecule has 0 radical (unpaired) electrons. The Balaban J connectivity index is 2.13. The molecule has 2 aromatic carbocycles. The maximum atomic E-state index is 13.6. The Labute approximate surface area is 133 Å². The van der Waals surface area contributed by atoms with Crippen LogP contribution in [-0.4, -0.2) is 11.2 Å². The minimum atomic E-state index is -0.540. The molecule has 0 aliphatic carbocycles. The van der Waals surface area contributed by atoms with Crippen LogP contribution < -0.4 is 5.32 Å². The molecule has 0 aliphatic rings. The van der Waals surface area contributed by atoms with Gasteiger partial charge < -0.3 is 5.32 Å². The third kappa shape index (κ3) is 3.90. The Morgan fingerprint density at radius 2 is 1.85 bits per heavy atom. The molecule has 0 spiro atoms. The molecule has 5 heteroatoms. The maximum Gasteiger partial charge on any atom is 0.258 e. The summed E-state index contributed by atoms with van der Waals surface area (Å²) in [4.78, 5) is 12.0. The third-order valence-corrected chi connectivity index (χ3v) is 3.66.